The lowest BCUT2D eigenvalue weighted by atomic mass is 10.2. The second-order valence-electron chi connectivity index (χ2n) is 9.19. The molecule has 11 nitrogen and oxygen atoms in total. The van der Waals surface area contributed by atoms with Crippen LogP contribution in [-0.4, -0.2) is 72.7 Å². The van der Waals surface area contributed by atoms with Gasteiger partial charge in [0.25, 0.3) is 5.91 Å². The van der Waals surface area contributed by atoms with Gasteiger partial charge in [0.05, 0.1) is 22.8 Å². The minimum Gasteiger partial charge on any atom is -0.493 e. The van der Waals surface area contributed by atoms with Gasteiger partial charge in [-0.2, -0.15) is 9.61 Å². The van der Waals surface area contributed by atoms with E-state index in [-0.39, 0.29) is 23.5 Å². The summed E-state index contributed by atoms with van der Waals surface area (Å²) in [6, 6.07) is 4.00. The number of hydrogen-bond donors (Lipinski definition) is 4. The molecule has 0 aromatic carbocycles. The third-order valence-electron chi connectivity index (χ3n) is 6.41. The molecule has 1 saturated carbocycles. The quantitative estimate of drug-likeness (QED) is 0.289. The molecule has 12 heteroatoms. The molecule has 0 spiro atoms. The van der Waals surface area contributed by atoms with E-state index in [9.17, 15) is 14.7 Å². The third-order valence-corrected chi connectivity index (χ3v) is 7.34. The van der Waals surface area contributed by atoms with E-state index in [2.05, 4.69) is 25.3 Å². The average Bonchev–Trinajstić information content (AvgIpc) is 3.27. The lowest BCUT2D eigenvalue weighted by Crippen LogP contribution is -2.33. The van der Waals surface area contributed by atoms with Crippen molar-refractivity contribution in [2.75, 3.05) is 26.2 Å². The second kappa shape index (κ2) is 9.36. The van der Waals surface area contributed by atoms with Crippen LogP contribution in [0.25, 0.3) is 23.0 Å². The molecule has 0 atom stereocenters. The van der Waals surface area contributed by atoms with Crippen molar-refractivity contribution >= 4 is 29.0 Å². The van der Waals surface area contributed by atoms with E-state index in [1.165, 1.54) is 24.2 Å². The molecule has 186 valence electrons. The molecule has 1 saturated heterocycles. The maximum Gasteiger partial charge on any atom is 0.326 e. The molecule has 5 heterocycles. The van der Waals surface area contributed by atoms with E-state index in [0.29, 0.717) is 33.5 Å². The standard InChI is InChI=1S/C24H26N8O3S/c33-22-18(29-24(35)30-22)9-14-12-26-32-20(27-16-3-4-16)11-17(28-21(14)32)15-10-19(36-13-15)23(34)25-5-8-31-6-1-2-7-31/h9-13,16,33H,1-8H2,(H,25,34)(H2,29,30,35)/b14-9-,27-20?. The highest BCUT2D eigenvalue weighted by Crippen LogP contribution is 2.25. The van der Waals surface area contributed by atoms with Gasteiger partial charge in [0.15, 0.2) is 11.1 Å². The SMILES string of the molecule is O=C(NCCN1CCCC1)c1cc(-c2cc(=NC3CC3)n3nc/c(=C/c4[nH]c(=O)[nH]c4O)c3n2)cs1. The highest BCUT2D eigenvalue weighted by atomic mass is 32.1. The number of aromatic amines is 2. The van der Waals surface area contributed by atoms with Crippen molar-refractivity contribution < 1.29 is 9.90 Å². The predicted octanol–water partition coefficient (Wildman–Crippen LogP) is 0.616. The molecule has 4 aromatic rings. The molecule has 0 unspecified atom stereocenters. The van der Waals surface area contributed by atoms with Gasteiger partial charge in [-0.1, -0.05) is 0 Å². The molecule has 2 aliphatic rings. The number of aromatic hydroxyl groups is 1. The summed E-state index contributed by atoms with van der Waals surface area (Å²) in [5.74, 6) is -0.337. The first-order valence-electron chi connectivity index (χ1n) is 12.1. The summed E-state index contributed by atoms with van der Waals surface area (Å²) in [7, 11) is 0. The van der Waals surface area contributed by atoms with Gasteiger partial charge in [0, 0.05) is 35.3 Å². The lowest BCUT2D eigenvalue weighted by molar-refractivity contribution is 0.0954. The van der Waals surface area contributed by atoms with Crippen LogP contribution in [-0.2, 0) is 0 Å². The zero-order valence-corrected chi connectivity index (χ0v) is 20.3. The fraction of sp³-hybridized carbons (Fsp3) is 0.375. The van der Waals surface area contributed by atoms with E-state index < -0.39 is 5.69 Å². The molecular weight excluding hydrogens is 480 g/mol. The molecule has 1 aliphatic heterocycles. The number of aromatic nitrogens is 5. The number of H-pyrrole nitrogens is 2. The molecule has 2 fully saturated rings. The number of likely N-dealkylation sites (tertiary alicyclic amines) is 1. The number of rotatable bonds is 7. The van der Waals surface area contributed by atoms with E-state index in [1.807, 2.05) is 17.5 Å². The highest BCUT2D eigenvalue weighted by Gasteiger charge is 2.21. The third kappa shape index (κ3) is 4.69. The zero-order chi connectivity index (χ0) is 24.6. The first kappa shape index (κ1) is 22.7. The molecule has 1 amide bonds. The van der Waals surface area contributed by atoms with E-state index in [1.54, 1.807) is 16.8 Å². The summed E-state index contributed by atoms with van der Waals surface area (Å²) in [4.78, 5) is 41.7. The number of carbonyl (C=O) groups is 1. The maximum atomic E-state index is 12.7. The summed E-state index contributed by atoms with van der Waals surface area (Å²) in [5.41, 5.74) is 2.45. The number of amides is 1. The van der Waals surface area contributed by atoms with Crippen LogP contribution in [0.2, 0.25) is 0 Å². The zero-order valence-electron chi connectivity index (χ0n) is 19.5. The van der Waals surface area contributed by atoms with Crippen LogP contribution in [0.3, 0.4) is 0 Å². The Balaban J connectivity index is 1.33. The molecule has 6 rings (SSSR count). The molecule has 4 N–H and O–H groups in total. The Labute approximate surface area is 209 Å². The Morgan fingerprint density at radius 3 is 2.86 bits per heavy atom. The second-order valence-corrected chi connectivity index (χ2v) is 10.1. The summed E-state index contributed by atoms with van der Waals surface area (Å²) < 4.78 is 1.66. The van der Waals surface area contributed by atoms with Crippen LogP contribution >= 0.6 is 11.3 Å². The molecule has 0 radical (unpaired) electrons. The molecule has 4 aromatic heterocycles. The summed E-state index contributed by atoms with van der Waals surface area (Å²) in [6.07, 6.45) is 7.77. The van der Waals surface area contributed by atoms with Crippen LogP contribution in [0.5, 0.6) is 5.88 Å². The maximum absolute atomic E-state index is 12.7. The Morgan fingerprint density at radius 2 is 2.11 bits per heavy atom. The van der Waals surface area contributed by atoms with Crippen LogP contribution in [0.1, 0.15) is 41.0 Å². The van der Waals surface area contributed by atoms with Crippen LogP contribution in [0.15, 0.2) is 33.5 Å². The van der Waals surface area contributed by atoms with E-state index in [4.69, 9.17) is 9.98 Å². The van der Waals surface area contributed by atoms with Crippen molar-refractivity contribution in [3.05, 3.63) is 55.5 Å². The van der Waals surface area contributed by atoms with Crippen molar-refractivity contribution in [1.29, 1.82) is 0 Å². The number of imidazole rings is 1. The number of carbonyl (C=O) groups excluding carboxylic acids is 1. The average molecular weight is 507 g/mol. The lowest BCUT2D eigenvalue weighted by Gasteiger charge is -2.14. The smallest absolute Gasteiger partial charge is 0.326 e. The minimum atomic E-state index is -0.502. The Kier molecular flexibility index (Phi) is 5.89. The largest absolute Gasteiger partial charge is 0.493 e. The van der Waals surface area contributed by atoms with Crippen LogP contribution in [0.4, 0.5) is 0 Å². The molecule has 1 aliphatic carbocycles. The normalized spacial score (nSPS) is 17.4. The summed E-state index contributed by atoms with van der Waals surface area (Å²) in [5, 5.41) is 20.0. The number of thiophene rings is 1. The van der Waals surface area contributed by atoms with Crippen molar-refractivity contribution in [2.24, 2.45) is 4.99 Å². The van der Waals surface area contributed by atoms with Crippen molar-refractivity contribution in [1.82, 2.24) is 34.8 Å². The van der Waals surface area contributed by atoms with Crippen LogP contribution in [0, 0.1) is 0 Å². The van der Waals surface area contributed by atoms with Crippen molar-refractivity contribution in [2.45, 2.75) is 31.7 Å². The predicted molar refractivity (Wildman–Crippen MR) is 135 cm³/mol. The van der Waals surface area contributed by atoms with Crippen molar-refractivity contribution in [3.63, 3.8) is 0 Å². The minimum absolute atomic E-state index is 0.0836. The van der Waals surface area contributed by atoms with Gasteiger partial charge in [-0.05, 0) is 50.9 Å². The summed E-state index contributed by atoms with van der Waals surface area (Å²) >= 11 is 1.38. The Morgan fingerprint density at radius 1 is 1.28 bits per heavy atom. The Bertz CT molecular complexity index is 1600. The van der Waals surface area contributed by atoms with E-state index in [0.717, 1.165) is 38.0 Å². The van der Waals surface area contributed by atoms with Gasteiger partial charge >= 0.3 is 5.69 Å². The first-order valence-corrected chi connectivity index (χ1v) is 13.0. The highest BCUT2D eigenvalue weighted by molar-refractivity contribution is 7.12. The van der Waals surface area contributed by atoms with Crippen molar-refractivity contribution in [3.8, 4) is 17.1 Å². The molecular formula is C24H26N8O3S. The number of nitrogens with zero attached hydrogens (tertiary/aromatic N) is 5. The van der Waals surface area contributed by atoms with Gasteiger partial charge in [0.2, 0.25) is 5.88 Å². The van der Waals surface area contributed by atoms with Gasteiger partial charge in [-0.3, -0.25) is 14.8 Å². The summed E-state index contributed by atoms with van der Waals surface area (Å²) in [6.45, 7) is 3.71. The van der Waals surface area contributed by atoms with Gasteiger partial charge in [0.1, 0.15) is 5.69 Å². The number of hydrogen-bond acceptors (Lipinski definition) is 8. The Hall–Kier alpha value is -3.77. The van der Waals surface area contributed by atoms with Gasteiger partial charge < -0.3 is 20.3 Å². The first-order chi connectivity index (χ1) is 17.5. The fourth-order valence-corrected chi connectivity index (χ4v) is 5.17. The van der Waals surface area contributed by atoms with Gasteiger partial charge in [-0.25, -0.2) is 9.78 Å². The molecule has 0 bridgehead atoms. The van der Waals surface area contributed by atoms with Gasteiger partial charge in [-0.15, -0.1) is 11.3 Å². The van der Waals surface area contributed by atoms with E-state index >= 15 is 0 Å². The topological polar surface area (TPSA) is 144 Å². The monoisotopic (exact) mass is 506 g/mol. The fourth-order valence-electron chi connectivity index (χ4n) is 4.35. The number of fused-ring (bicyclic) bond motifs is 1. The van der Waals surface area contributed by atoms with Crippen LogP contribution < -0.4 is 21.7 Å². The number of nitrogens with one attached hydrogen (secondary N) is 3. The molecule has 36 heavy (non-hydrogen) atoms.